The number of carbonyl (C=O) groups excluding carboxylic acids is 2. The van der Waals surface area contributed by atoms with Gasteiger partial charge in [0.2, 0.25) is 5.91 Å². The molecular weight excluding hydrogens is 336 g/mol. The van der Waals surface area contributed by atoms with Gasteiger partial charge in [0.15, 0.2) is 0 Å². The second-order valence-electron chi connectivity index (χ2n) is 5.67. The van der Waals surface area contributed by atoms with E-state index in [1.54, 1.807) is 17.0 Å². The van der Waals surface area contributed by atoms with Crippen LogP contribution in [0.25, 0.3) is 0 Å². The highest BCUT2D eigenvalue weighted by Gasteiger charge is 2.35. The number of benzene rings is 1. The van der Waals surface area contributed by atoms with Gasteiger partial charge in [0.25, 0.3) is 5.91 Å². The molecule has 2 aliphatic heterocycles. The van der Waals surface area contributed by atoms with Crippen LogP contribution in [-0.4, -0.2) is 41.0 Å². The molecule has 0 saturated carbocycles. The first kappa shape index (κ1) is 14.4. The molecule has 112 valence electrons. The van der Waals surface area contributed by atoms with E-state index in [0.29, 0.717) is 31.0 Å². The van der Waals surface area contributed by atoms with E-state index in [9.17, 15) is 14.7 Å². The number of hydrogen-bond acceptors (Lipinski definition) is 3. The lowest BCUT2D eigenvalue weighted by Crippen LogP contribution is -2.55. The minimum absolute atomic E-state index is 0.00607. The summed E-state index contributed by atoms with van der Waals surface area (Å²) in [7, 11) is 0. The zero-order valence-corrected chi connectivity index (χ0v) is 13.1. The van der Waals surface area contributed by atoms with E-state index in [2.05, 4.69) is 21.2 Å². The Kier molecular flexibility index (Phi) is 3.89. The highest BCUT2D eigenvalue weighted by atomic mass is 79.9. The van der Waals surface area contributed by atoms with Crippen molar-refractivity contribution >= 4 is 27.7 Å². The number of likely N-dealkylation sites (tertiary alicyclic amines) is 1. The van der Waals surface area contributed by atoms with E-state index < -0.39 is 0 Å². The number of aromatic hydroxyl groups is 1. The van der Waals surface area contributed by atoms with Crippen molar-refractivity contribution < 1.29 is 14.7 Å². The molecule has 2 heterocycles. The Bertz CT molecular complexity index is 590. The van der Waals surface area contributed by atoms with Gasteiger partial charge in [-0.2, -0.15) is 0 Å². The fourth-order valence-corrected chi connectivity index (χ4v) is 3.50. The van der Waals surface area contributed by atoms with Crippen LogP contribution < -0.4 is 5.32 Å². The minimum atomic E-state index is -0.143. The third kappa shape index (κ3) is 2.90. The van der Waals surface area contributed by atoms with E-state index in [0.717, 1.165) is 17.3 Å². The first-order valence-corrected chi connectivity index (χ1v) is 7.91. The Morgan fingerprint density at radius 2 is 2.19 bits per heavy atom. The van der Waals surface area contributed by atoms with E-state index in [1.165, 1.54) is 6.07 Å². The molecule has 21 heavy (non-hydrogen) atoms. The van der Waals surface area contributed by atoms with Crippen molar-refractivity contribution in [2.45, 2.75) is 25.3 Å². The van der Waals surface area contributed by atoms with Crippen LogP contribution >= 0.6 is 15.9 Å². The van der Waals surface area contributed by atoms with E-state index in [1.807, 2.05) is 0 Å². The lowest BCUT2D eigenvalue weighted by atomic mass is 9.85. The molecule has 5 nitrogen and oxygen atoms in total. The summed E-state index contributed by atoms with van der Waals surface area (Å²) in [5.74, 6) is 0.281. The van der Waals surface area contributed by atoms with Crippen LogP contribution in [0.5, 0.6) is 5.75 Å². The Balaban J connectivity index is 1.73. The second kappa shape index (κ2) is 5.67. The lowest BCUT2D eigenvalue weighted by Gasteiger charge is -2.41. The van der Waals surface area contributed by atoms with Gasteiger partial charge in [-0.05, 0) is 37.0 Å². The van der Waals surface area contributed by atoms with Crippen LogP contribution in [0.15, 0.2) is 22.7 Å². The second-order valence-corrected chi connectivity index (χ2v) is 6.59. The number of phenolic OH excluding ortho intramolecular Hbond substituents is 1. The van der Waals surface area contributed by atoms with Gasteiger partial charge in [-0.3, -0.25) is 9.59 Å². The number of halogens is 1. The van der Waals surface area contributed by atoms with Crippen molar-refractivity contribution in [2.24, 2.45) is 5.92 Å². The topological polar surface area (TPSA) is 69.6 Å². The first-order valence-electron chi connectivity index (χ1n) is 7.12. The molecule has 0 spiro atoms. The van der Waals surface area contributed by atoms with Crippen LogP contribution in [-0.2, 0) is 4.79 Å². The Morgan fingerprint density at radius 3 is 2.95 bits per heavy atom. The highest BCUT2D eigenvalue weighted by molar-refractivity contribution is 9.10. The predicted octanol–water partition coefficient (Wildman–Crippen LogP) is 1.90. The Morgan fingerprint density at radius 1 is 1.38 bits per heavy atom. The van der Waals surface area contributed by atoms with Gasteiger partial charge in [-0.1, -0.05) is 15.9 Å². The molecule has 2 saturated heterocycles. The lowest BCUT2D eigenvalue weighted by molar-refractivity contribution is -0.125. The third-order valence-corrected chi connectivity index (χ3v) is 4.79. The molecule has 2 unspecified atom stereocenters. The number of fused-ring (bicyclic) bond motifs is 1. The monoisotopic (exact) mass is 352 g/mol. The van der Waals surface area contributed by atoms with Crippen molar-refractivity contribution in [2.75, 3.05) is 13.1 Å². The Hall–Kier alpha value is -1.56. The normalized spacial score (nSPS) is 25.2. The fraction of sp³-hybridized carbons (Fsp3) is 0.467. The summed E-state index contributed by atoms with van der Waals surface area (Å²) in [6.45, 7) is 1.25. The SMILES string of the molecule is O=C1CCC2CN(C(=O)c3ccc(Br)cc3O)CCC2N1. The van der Waals surface area contributed by atoms with Gasteiger partial charge in [0.05, 0.1) is 5.56 Å². The van der Waals surface area contributed by atoms with Crippen molar-refractivity contribution in [3.63, 3.8) is 0 Å². The number of amides is 2. The van der Waals surface area contributed by atoms with Crippen LogP contribution in [0.1, 0.15) is 29.6 Å². The van der Waals surface area contributed by atoms with Gasteiger partial charge in [-0.15, -0.1) is 0 Å². The average molecular weight is 353 g/mol. The van der Waals surface area contributed by atoms with Gasteiger partial charge < -0.3 is 15.3 Å². The summed E-state index contributed by atoms with van der Waals surface area (Å²) >= 11 is 3.27. The number of phenols is 1. The summed E-state index contributed by atoms with van der Waals surface area (Å²) in [4.78, 5) is 25.7. The molecule has 2 aliphatic rings. The smallest absolute Gasteiger partial charge is 0.257 e. The predicted molar refractivity (Wildman–Crippen MR) is 81.0 cm³/mol. The summed E-state index contributed by atoms with van der Waals surface area (Å²) in [5, 5.41) is 12.9. The maximum absolute atomic E-state index is 12.5. The standard InChI is InChI=1S/C15H17BrN2O3/c16-10-2-3-11(13(19)7-10)15(21)18-6-5-12-9(8-18)1-4-14(20)17-12/h2-3,7,9,12,19H,1,4-6,8H2,(H,17,20). The maximum Gasteiger partial charge on any atom is 0.257 e. The fourth-order valence-electron chi connectivity index (χ4n) is 3.15. The average Bonchev–Trinajstić information content (AvgIpc) is 2.46. The van der Waals surface area contributed by atoms with Crippen LogP contribution in [0.3, 0.4) is 0 Å². The quantitative estimate of drug-likeness (QED) is 0.810. The molecule has 0 aliphatic carbocycles. The zero-order valence-electron chi connectivity index (χ0n) is 11.5. The van der Waals surface area contributed by atoms with Crippen LogP contribution in [0.2, 0.25) is 0 Å². The van der Waals surface area contributed by atoms with E-state index in [-0.39, 0.29) is 23.6 Å². The van der Waals surface area contributed by atoms with Gasteiger partial charge in [0.1, 0.15) is 5.75 Å². The molecule has 0 aromatic heterocycles. The van der Waals surface area contributed by atoms with Crippen molar-refractivity contribution in [3.8, 4) is 5.75 Å². The molecular formula is C15H17BrN2O3. The van der Waals surface area contributed by atoms with Gasteiger partial charge in [0, 0.05) is 30.0 Å². The summed E-state index contributed by atoms with van der Waals surface area (Å²) in [6, 6.07) is 5.10. The number of nitrogens with zero attached hydrogens (tertiary/aromatic N) is 1. The molecule has 6 heteroatoms. The molecule has 1 aromatic rings. The third-order valence-electron chi connectivity index (χ3n) is 4.30. The van der Waals surface area contributed by atoms with Crippen LogP contribution in [0, 0.1) is 5.92 Å². The number of piperidine rings is 2. The Labute approximate surface area is 131 Å². The molecule has 1 aromatic carbocycles. The number of rotatable bonds is 1. The molecule has 2 fully saturated rings. The van der Waals surface area contributed by atoms with Crippen molar-refractivity contribution in [1.29, 1.82) is 0 Å². The van der Waals surface area contributed by atoms with E-state index in [4.69, 9.17) is 0 Å². The van der Waals surface area contributed by atoms with Crippen LogP contribution in [0.4, 0.5) is 0 Å². The molecule has 0 bridgehead atoms. The van der Waals surface area contributed by atoms with Crippen molar-refractivity contribution in [1.82, 2.24) is 10.2 Å². The molecule has 2 amide bonds. The highest BCUT2D eigenvalue weighted by Crippen LogP contribution is 2.29. The zero-order chi connectivity index (χ0) is 15.0. The maximum atomic E-state index is 12.5. The molecule has 2 N–H and O–H groups in total. The van der Waals surface area contributed by atoms with E-state index >= 15 is 0 Å². The number of hydrogen-bond donors (Lipinski definition) is 2. The number of carbonyl (C=O) groups is 2. The minimum Gasteiger partial charge on any atom is -0.507 e. The molecule has 2 atom stereocenters. The van der Waals surface area contributed by atoms with Crippen molar-refractivity contribution in [3.05, 3.63) is 28.2 Å². The first-order chi connectivity index (χ1) is 10.0. The van der Waals surface area contributed by atoms with Gasteiger partial charge in [-0.25, -0.2) is 0 Å². The molecule has 3 rings (SSSR count). The largest absolute Gasteiger partial charge is 0.507 e. The summed E-state index contributed by atoms with van der Waals surface area (Å²) in [5.41, 5.74) is 0.330. The number of nitrogens with one attached hydrogen (secondary N) is 1. The summed E-state index contributed by atoms with van der Waals surface area (Å²) < 4.78 is 0.741. The molecule has 0 radical (unpaired) electrons. The summed E-state index contributed by atoms with van der Waals surface area (Å²) in [6.07, 6.45) is 2.14. The van der Waals surface area contributed by atoms with Gasteiger partial charge >= 0.3 is 0 Å².